The predicted octanol–water partition coefficient (Wildman–Crippen LogP) is 4.41. The number of H-pyrrole nitrogens is 2. The number of halogens is 2. The third-order valence-corrected chi connectivity index (χ3v) is 3.58. The van der Waals surface area contributed by atoms with Crippen LogP contribution >= 0.6 is 23.2 Å². The van der Waals surface area contributed by atoms with Crippen molar-refractivity contribution in [3.8, 4) is 11.6 Å². The molecule has 4 rings (SSSR count). The third kappa shape index (κ3) is 1.85. The first-order valence-electron chi connectivity index (χ1n) is 6.00. The summed E-state index contributed by atoms with van der Waals surface area (Å²) in [5.41, 5.74) is 3.46. The van der Waals surface area contributed by atoms with Crippen molar-refractivity contribution in [2.45, 2.75) is 0 Å². The van der Waals surface area contributed by atoms with Crippen molar-refractivity contribution >= 4 is 45.3 Å². The zero-order valence-electron chi connectivity index (χ0n) is 10.1. The molecule has 4 aromatic rings. The summed E-state index contributed by atoms with van der Waals surface area (Å²) < 4.78 is 0. The number of hydrogen-bond donors (Lipinski definition) is 2. The maximum absolute atomic E-state index is 5.96. The smallest absolute Gasteiger partial charge is 0.174 e. The van der Waals surface area contributed by atoms with Gasteiger partial charge in [-0.05, 0) is 36.4 Å². The van der Waals surface area contributed by atoms with E-state index < -0.39 is 0 Å². The van der Waals surface area contributed by atoms with E-state index in [9.17, 15) is 0 Å². The Hall–Kier alpha value is -2.04. The van der Waals surface area contributed by atoms with Gasteiger partial charge in [-0.2, -0.15) is 0 Å². The number of benzene rings is 2. The molecule has 98 valence electrons. The fourth-order valence-corrected chi connectivity index (χ4v) is 2.51. The summed E-state index contributed by atoms with van der Waals surface area (Å²) in [6.45, 7) is 0. The summed E-state index contributed by atoms with van der Waals surface area (Å²) in [5, 5.41) is 1.32. The Labute approximate surface area is 123 Å². The monoisotopic (exact) mass is 302 g/mol. The number of nitrogens with one attached hydrogen (secondary N) is 2. The molecule has 4 nitrogen and oxygen atoms in total. The van der Waals surface area contributed by atoms with Crippen LogP contribution in [0.3, 0.4) is 0 Å². The lowest BCUT2D eigenvalue weighted by atomic mass is 10.3. The van der Waals surface area contributed by atoms with Gasteiger partial charge in [0.15, 0.2) is 11.6 Å². The van der Waals surface area contributed by atoms with Gasteiger partial charge in [-0.1, -0.05) is 23.2 Å². The molecule has 0 saturated heterocycles. The van der Waals surface area contributed by atoms with Crippen LogP contribution in [0.5, 0.6) is 0 Å². The fraction of sp³-hybridized carbons (Fsp3) is 0. The number of imidazole rings is 2. The van der Waals surface area contributed by atoms with Crippen molar-refractivity contribution in [1.82, 2.24) is 19.9 Å². The Bertz CT molecular complexity index is 861. The topological polar surface area (TPSA) is 57.4 Å². The molecule has 2 aromatic carbocycles. The van der Waals surface area contributed by atoms with Gasteiger partial charge in [0.25, 0.3) is 0 Å². The van der Waals surface area contributed by atoms with E-state index in [1.165, 1.54) is 0 Å². The molecule has 0 amide bonds. The first-order chi connectivity index (χ1) is 9.69. The lowest BCUT2D eigenvalue weighted by molar-refractivity contribution is 1.22. The zero-order valence-corrected chi connectivity index (χ0v) is 11.6. The van der Waals surface area contributed by atoms with Crippen LogP contribution in [-0.4, -0.2) is 19.9 Å². The van der Waals surface area contributed by atoms with Crippen LogP contribution in [0.25, 0.3) is 33.7 Å². The van der Waals surface area contributed by atoms with E-state index in [1.54, 1.807) is 0 Å². The second kappa shape index (κ2) is 4.23. The average molecular weight is 303 g/mol. The number of rotatable bonds is 1. The van der Waals surface area contributed by atoms with Gasteiger partial charge >= 0.3 is 0 Å². The molecule has 2 heterocycles. The van der Waals surface area contributed by atoms with E-state index in [0.29, 0.717) is 21.7 Å². The molecule has 6 heteroatoms. The van der Waals surface area contributed by atoms with E-state index >= 15 is 0 Å². The number of aromatic nitrogens is 4. The third-order valence-electron chi connectivity index (χ3n) is 3.11. The number of hydrogen-bond acceptors (Lipinski definition) is 2. The summed E-state index contributed by atoms with van der Waals surface area (Å²) >= 11 is 11.9. The molecule has 0 aliphatic rings. The molecule has 20 heavy (non-hydrogen) atoms. The lowest BCUT2D eigenvalue weighted by Crippen LogP contribution is -1.81. The first kappa shape index (κ1) is 11.8. The van der Waals surface area contributed by atoms with Crippen molar-refractivity contribution in [2.24, 2.45) is 0 Å². The molecule has 0 aliphatic carbocycles. The van der Waals surface area contributed by atoms with Gasteiger partial charge < -0.3 is 9.97 Å². The maximum Gasteiger partial charge on any atom is 0.174 e. The lowest BCUT2D eigenvalue weighted by Gasteiger charge is -1.87. The van der Waals surface area contributed by atoms with E-state index in [2.05, 4.69) is 19.9 Å². The molecule has 2 N–H and O–H groups in total. The molecule has 0 fully saturated rings. The molecule has 0 spiro atoms. The second-order valence-corrected chi connectivity index (χ2v) is 5.37. The van der Waals surface area contributed by atoms with Crippen LogP contribution < -0.4 is 0 Å². The van der Waals surface area contributed by atoms with Gasteiger partial charge in [0.05, 0.1) is 22.1 Å². The average Bonchev–Trinajstić information content (AvgIpc) is 3.00. The van der Waals surface area contributed by atoms with E-state index in [4.69, 9.17) is 23.2 Å². The Morgan fingerprint density at radius 1 is 0.700 bits per heavy atom. The van der Waals surface area contributed by atoms with Crippen LogP contribution in [0.15, 0.2) is 36.4 Å². The molecular weight excluding hydrogens is 295 g/mol. The standard InChI is InChI=1S/C14H8Cl2N4/c15-7-1-3-9-11(5-7)19-13(17-9)14-18-10-4-2-8(16)6-12(10)20-14/h1-6H,(H,17,19)(H,18,20). The van der Waals surface area contributed by atoms with Crippen LogP contribution in [0.4, 0.5) is 0 Å². The van der Waals surface area contributed by atoms with Crippen LogP contribution in [0.2, 0.25) is 10.0 Å². The largest absolute Gasteiger partial charge is 0.335 e. The maximum atomic E-state index is 5.96. The zero-order chi connectivity index (χ0) is 13.7. The summed E-state index contributed by atoms with van der Waals surface area (Å²) in [4.78, 5) is 15.4. The Kier molecular flexibility index (Phi) is 2.49. The molecule has 0 saturated carbocycles. The molecule has 0 unspecified atom stereocenters. The minimum atomic E-state index is 0.659. The normalized spacial score (nSPS) is 11.5. The van der Waals surface area contributed by atoms with Crippen LogP contribution in [-0.2, 0) is 0 Å². The number of fused-ring (bicyclic) bond motifs is 2. The van der Waals surface area contributed by atoms with Crippen molar-refractivity contribution in [3.05, 3.63) is 46.4 Å². The molecule has 2 aromatic heterocycles. The van der Waals surface area contributed by atoms with Crippen molar-refractivity contribution in [3.63, 3.8) is 0 Å². The Morgan fingerprint density at radius 2 is 1.15 bits per heavy atom. The number of nitrogens with zero attached hydrogens (tertiary/aromatic N) is 2. The van der Waals surface area contributed by atoms with Gasteiger partial charge in [0.2, 0.25) is 0 Å². The summed E-state index contributed by atoms with van der Waals surface area (Å²) in [5.74, 6) is 1.35. The minimum Gasteiger partial charge on any atom is -0.335 e. The van der Waals surface area contributed by atoms with Crippen molar-refractivity contribution < 1.29 is 0 Å². The molecular formula is C14H8Cl2N4. The van der Waals surface area contributed by atoms with E-state index in [-0.39, 0.29) is 0 Å². The van der Waals surface area contributed by atoms with Gasteiger partial charge in [-0.25, -0.2) is 9.97 Å². The van der Waals surface area contributed by atoms with Gasteiger partial charge in [0, 0.05) is 10.0 Å². The Balaban J connectivity index is 1.91. The van der Waals surface area contributed by atoms with Crippen LogP contribution in [0.1, 0.15) is 0 Å². The highest BCUT2D eigenvalue weighted by Gasteiger charge is 2.10. The second-order valence-electron chi connectivity index (χ2n) is 4.49. The molecule has 0 aliphatic heterocycles. The van der Waals surface area contributed by atoms with Gasteiger partial charge in [-0.15, -0.1) is 0 Å². The highest BCUT2D eigenvalue weighted by atomic mass is 35.5. The Morgan fingerprint density at radius 3 is 1.60 bits per heavy atom. The molecule has 0 bridgehead atoms. The van der Waals surface area contributed by atoms with Gasteiger partial charge in [-0.3, -0.25) is 0 Å². The highest BCUT2D eigenvalue weighted by molar-refractivity contribution is 6.31. The fourth-order valence-electron chi connectivity index (χ4n) is 2.18. The van der Waals surface area contributed by atoms with Gasteiger partial charge in [0.1, 0.15) is 0 Å². The minimum absolute atomic E-state index is 0.659. The van der Waals surface area contributed by atoms with Crippen molar-refractivity contribution in [1.29, 1.82) is 0 Å². The quantitative estimate of drug-likeness (QED) is 0.547. The first-order valence-corrected chi connectivity index (χ1v) is 6.75. The number of aromatic amines is 2. The highest BCUT2D eigenvalue weighted by Crippen LogP contribution is 2.24. The summed E-state index contributed by atoms with van der Waals surface area (Å²) in [6, 6.07) is 11.1. The molecule has 0 atom stereocenters. The molecule has 0 radical (unpaired) electrons. The van der Waals surface area contributed by atoms with Crippen molar-refractivity contribution in [2.75, 3.05) is 0 Å². The van der Waals surface area contributed by atoms with Crippen LogP contribution in [0, 0.1) is 0 Å². The predicted molar refractivity (Wildman–Crippen MR) is 81.2 cm³/mol. The van der Waals surface area contributed by atoms with E-state index in [0.717, 1.165) is 22.1 Å². The summed E-state index contributed by atoms with van der Waals surface area (Å²) in [7, 11) is 0. The van der Waals surface area contributed by atoms with E-state index in [1.807, 2.05) is 36.4 Å². The summed E-state index contributed by atoms with van der Waals surface area (Å²) in [6.07, 6.45) is 0. The SMILES string of the molecule is Clc1ccc2[nH]c(-c3nc4cc(Cl)ccc4[nH]3)nc2c1.